The lowest BCUT2D eigenvalue weighted by atomic mass is 10.1. The van der Waals surface area contributed by atoms with Gasteiger partial charge in [0.25, 0.3) is 0 Å². The highest BCUT2D eigenvalue weighted by Crippen LogP contribution is 2.17. The van der Waals surface area contributed by atoms with Crippen molar-refractivity contribution in [2.24, 2.45) is 0 Å². The molecular formula is C16H24N2O2. The Bertz CT molecular complexity index is 462. The molecule has 0 unspecified atom stereocenters. The monoisotopic (exact) mass is 276 g/mol. The molecule has 110 valence electrons. The van der Waals surface area contributed by atoms with Gasteiger partial charge in [0.05, 0.1) is 13.2 Å². The van der Waals surface area contributed by atoms with E-state index in [1.807, 2.05) is 19.2 Å². The summed E-state index contributed by atoms with van der Waals surface area (Å²) in [6.45, 7) is 4.18. The fourth-order valence-electron chi connectivity index (χ4n) is 2.74. The van der Waals surface area contributed by atoms with Crippen molar-refractivity contribution in [2.45, 2.75) is 32.4 Å². The molecule has 0 saturated carbocycles. The zero-order valence-electron chi connectivity index (χ0n) is 12.4. The number of benzene rings is 1. The molecule has 1 saturated heterocycles. The summed E-state index contributed by atoms with van der Waals surface area (Å²) in [7, 11) is 1.85. The van der Waals surface area contributed by atoms with Crippen LogP contribution in [-0.4, -0.2) is 53.6 Å². The summed E-state index contributed by atoms with van der Waals surface area (Å²) in [4.78, 5) is 16.1. The van der Waals surface area contributed by atoms with E-state index < -0.39 is 0 Å². The van der Waals surface area contributed by atoms with Crippen LogP contribution in [0, 0.1) is 6.92 Å². The maximum Gasteiger partial charge on any atom is 0.236 e. The molecule has 20 heavy (non-hydrogen) atoms. The smallest absolute Gasteiger partial charge is 0.236 e. The minimum Gasteiger partial charge on any atom is -0.395 e. The summed E-state index contributed by atoms with van der Waals surface area (Å²) < 4.78 is 0. The fourth-order valence-corrected chi connectivity index (χ4v) is 2.74. The van der Waals surface area contributed by atoms with Crippen LogP contribution >= 0.6 is 0 Å². The van der Waals surface area contributed by atoms with Gasteiger partial charge in [-0.15, -0.1) is 0 Å². The molecule has 2 rings (SSSR count). The van der Waals surface area contributed by atoms with Gasteiger partial charge in [0.1, 0.15) is 0 Å². The maximum atomic E-state index is 12.3. The molecule has 0 aliphatic carbocycles. The van der Waals surface area contributed by atoms with Gasteiger partial charge in [-0.3, -0.25) is 9.69 Å². The van der Waals surface area contributed by atoms with E-state index in [4.69, 9.17) is 0 Å². The molecule has 1 N–H and O–H groups in total. The molecule has 1 fully saturated rings. The zero-order valence-corrected chi connectivity index (χ0v) is 12.4. The van der Waals surface area contributed by atoms with Crippen molar-refractivity contribution < 1.29 is 9.90 Å². The number of likely N-dealkylation sites (N-methyl/N-ethyl adjacent to an activating group) is 1. The number of rotatable bonds is 5. The molecule has 0 bridgehead atoms. The lowest BCUT2D eigenvalue weighted by Gasteiger charge is -2.25. The summed E-state index contributed by atoms with van der Waals surface area (Å²) >= 11 is 0. The Labute approximate surface area is 121 Å². The van der Waals surface area contributed by atoms with Gasteiger partial charge in [-0.05, 0) is 37.4 Å². The maximum absolute atomic E-state index is 12.3. The number of aliphatic hydroxyl groups excluding tert-OH is 1. The second-order valence-electron chi connectivity index (χ2n) is 5.63. The van der Waals surface area contributed by atoms with Gasteiger partial charge in [-0.2, -0.15) is 0 Å². The summed E-state index contributed by atoms with van der Waals surface area (Å²) in [6.07, 6.45) is 2.06. The Morgan fingerprint density at radius 2 is 2.20 bits per heavy atom. The number of likely N-dealkylation sites (tertiary alicyclic amines) is 1. The topological polar surface area (TPSA) is 43.8 Å². The van der Waals surface area contributed by atoms with Crippen molar-refractivity contribution in [2.75, 3.05) is 26.7 Å². The third-order valence-electron chi connectivity index (χ3n) is 4.14. The van der Waals surface area contributed by atoms with Crippen molar-refractivity contribution in [3.63, 3.8) is 0 Å². The quantitative estimate of drug-likeness (QED) is 0.884. The van der Waals surface area contributed by atoms with Gasteiger partial charge in [0.15, 0.2) is 0 Å². The second kappa shape index (κ2) is 6.86. The number of hydrogen-bond donors (Lipinski definition) is 1. The van der Waals surface area contributed by atoms with Crippen LogP contribution in [0.3, 0.4) is 0 Å². The third-order valence-corrected chi connectivity index (χ3v) is 4.14. The van der Waals surface area contributed by atoms with Gasteiger partial charge < -0.3 is 10.0 Å². The van der Waals surface area contributed by atoms with E-state index >= 15 is 0 Å². The number of carbonyl (C=O) groups is 1. The Kier molecular flexibility index (Phi) is 5.15. The highest BCUT2D eigenvalue weighted by molar-refractivity contribution is 5.78. The van der Waals surface area contributed by atoms with E-state index in [1.54, 1.807) is 4.90 Å². The van der Waals surface area contributed by atoms with Crippen molar-refractivity contribution in [3.05, 3.63) is 35.4 Å². The van der Waals surface area contributed by atoms with E-state index in [0.29, 0.717) is 13.1 Å². The Morgan fingerprint density at radius 1 is 1.45 bits per heavy atom. The first-order valence-electron chi connectivity index (χ1n) is 7.25. The van der Waals surface area contributed by atoms with E-state index in [9.17, 15) is 9.90 Å². The predicted molar refractivity (Wildman–Crippen MR) is 79.3 cm³/mol. The average molecular weight is 276 g/mol. The van der Waals surface area contributed by atoms with E-state index in [0.717, 1.165) is 19.4 Å². The summed E-state index contributed by atoms with van der Waals surface area (Å²) in [5, 5.41) is 9.29. The minimum absolute atomic E-state index is 0.119. The molecule has 1 aromatic rings. The van der Waals surface area contributed by atoms with E-state index in [2.05, 4.69) is 24.0 Å². The first kappa shape index (κ1) is 15.0. The van der Waals surface area contributed by atoms with Crippen molar-refractivity contribution in [1.29, 1.82) is 0 Å². The molecule has 1 aliphatic heterocycles. The van der Waals surface area contributed by atoms with Crippen molar-refractivity contribution in [1.82, 2.24) is 9.80 Å². The predicted octanol–water partition coefficient (Wildman–Crippen LogP) is 1.41. The van der Waals surface area contributed by atoms with E-state index in [-0.39, 0.29) is 18.6 Å². The third kappa shape index (κ3) is 3.58. The molecule has 1 amide bonds. The molecule has 0 spiro atoms. The summed E-state index contributed by atoms with van der Waals surface area (Å²) in [6, 6.07) is 8.30. The number of hydrogen-bond acceptors (Lipinski definition) is 3. The van der Waals surface area contributed by atoms with Crippen LogP contribution in [0.2, 0.25) is 0 Å². The van der Waals surface area contributed by atoms with Crippen LogP contribution in [0.25, 0.3) is 0 Å². The molecule has 4 nitrogen and oxygen atoms in total. The largest absolute Gasteiger partial charge is 0.395 e. The summed E-state index contributed by atoms with van der Waals surface area (Å²) in [5.41, 5.74) is 2.39. The lowest BCUT2D eigenvalue weighted by molar-refractivity contribution is -0.132. The number of nitrogens with zero attached hydrogens (tertiary/aromatic N) is 2. The van der Waals surface area contributed by atoms with Crippen LogP contribution in [-0.2, 0) is 11.3 Å². The Balaban J connectivity index is 1.91. The lowest BCUT2D eigenvalue weighted by Crippen LogP contribution is -2.41. The first-order valence-corrected chi connectivity index (χ1v) is 7.25. The fraction of sp³-hybridized carbons (Fsp3) is 0.562. The first-order chi connectivity index (χ1) is 9.61. The number of amides is 1. The van der Waals surface area contributed by atoms with Gasteiger partial charge in [0.2, 0.25) is 5.91 Å². The van der Waals surface area contributed by atoms with Gasteiger partial charge in [-0.1, -0.05) is 24.3 Å². The van der Waals surface area contributed by atoms with E-state index in [1.165, 1.54) is 11.1 Å². The second-order valence-corrected chi connectivity index (χ2v) is 5.63. The highest BCUT2D eigenvalue weighted by atomic mass is 16.3. The minimum atomic E-state index is 0.119. The number of carbonyl (C=O) groups excluding carboxylic acids is 1. The SMILES string of the molecule is Cc1ccccc1CN(C)C(=O)CN1CCC[C@@H]1CO. The van der Waals surface area contributed by atoms with Gasteiger partial charge in [-0.25, -0.2) is 0 Å². The zero-order chi connectivity index (χ0) is 14.5. The normalized spacial score (nSPS) is 19.2. The van der Waals surface area contributed by atoms with Gasteiger partial charge in [0, 0.05) is 19.6 Å². The molecule has 1 atom stereocenters. The van der Waals surface area contributed by atoms with Gasteiger partial charge >= 0.3 is 0 Å². The number of aliphatic hydroxyl groups is 1. The van der Waals surface area contributed by atoms with Crippen molar-refractivity contribution >= 4 is 5.91 Å². The van der Waals surface area contributed by atoms with Crippen LogP contribution in [0.1, 0.15) is 24.0 Å². The molecule has 0 radical (unpaired) electrons. The van der Waals surface area contributed by atoms with Crippen molar-refractivity contribution in [3.8, 4) is 0 Å². The highest BCUT2D eigenvalue weighted by Gasteiger charge is 2.26. The van der Waals surface area contributed by atoms with Crippen LogP contribution in [0.5, 0.6) is 0 Å². The standard InChI is InChI=1S/C16H24N2O2/c1-13-6-3-4-7-14(13)10-17(2)16(20)11-18-9-5-8-15(18)12-19/h3-4,6-7,15,19H,5,8-12H2,1-2H3/t15-/m1/s1. The Hall–Kier alpha value is -1.39. The molecule has 1 aromatic carbocycles. The summed E-state index contributed by atoms with van der Waals surface area (Å²) in [5.74, 6) is 0.119. The molecule has 4 heteroatoms. The van der Waals surface area contributed by atoms with Crippen LogP contribution in [0.4, 0.5) is 0 Å². The van der Waals surface area contributed by atoms with Crippen LogP contribution < -0.4 is 0 Å². The molecule has 0 aromatic heterocycles. The molecule has 1 heterocycles. The Morgan fingerprint density at radius 3 is 2.90 bits per heavy atom. The average Bonchev–Trinajstić information content (AvgIpc) is 2.88. The number of aryl methyl sites for hydroxylation is 1. The molecular weight excluding hydrogens is 252 g/mol. The molecule has 1 aliphatic rings. The van der Waals surface area contributed by atoms with Crippen LogP contribution in [0.15, 0.2) is 24.3 Å².